The molecule has 1 aromatic carbocycles. The number of rotatable bonds is 6. The molecule has 22 heavy (non-hydrogen) atoms. The van der Waals surface area contributed by atoms with Crippen molar-refractivity contribution >= 4 is 0 Å². The highest BCUT2D eigenvalue weighted by Crippen LogP contribution is 2.30. The molecular formula is C18H29NO3. The van der Waals surface area contributed by atoms with Crippen LogP contribution in [0.25, 0.3) is 0 Å². The fraction of sp³-hybridized carbons (Fsp3) is 0.667. The minimum Gasteiger partial charge on any atom is -0.389 e. The zero-order chi connectivity index (χ0) is 16.1. The maximum absolute atomic E-state index is 10.2. The van der Waals surface area contributed by atoms with Crippen LogP contribution in [-0.2, 0) is 9.47 Å². The van der Waals surface area contributed by atoms with Crippen molar-refractivity contribution in [2.24, 2.45) is 0 Å². The lowest BCUT2D eigenvalue weighted by Crippen LogP contribution is -2.53. The van der Waals surface area contributed by atoms with Crippen LogP contribution in [0.1, 0.15) is 39.4 Å². The van der Waals surface area contributed by atoms with Crippen LogP contribution in [0, 0.1) is 0 Å². The van der Waals surface area contributed by atoms with Gasteiger partial charge in [0, 0.05) is 18.6 Å². The van der Waals surface area contributed by atoms with Gasteiger partial charge in [0.2, 0.25) is 0 Å². The molecule has 124 valence electrons. The highest BCUT2D eigenvalue weighted by atomic mass is 16.5. The highest BCUT2D eigenvalue weighted by Gasteiger charge is 2.35. The van der Waals surface area contributed by atoms with Gasteiger partial charge in [-0.15, -0.1) is 0 Å². The fourth-order valence-electron chi connectivity index (χ4n) is 3.02. The number of morpholine rings is 1. The first-order valence-electron chi connectivity index (χ1n) is 8.21. The summed E-state index contributed by atoms with van der Waals surface area (Å²) in [5.74, 6) is 0. The van der Waals surface area contributed by atoms with Crippen LogP contribution >= 0.6 is 0 Å². The van der Waals surface area contributed by atoms with Crippen molar-refractivity contribution in [2.75, 3.05) is 19.8 Å². The lowest BCUT2D eigenvalue weighted by Gasteiger charge is -2.44. The number of benzene rings is 1. The molecule has 0 aliphatic carbocycles. The molecule has 4 nitrogen and oxygen atoms in total. The molecule has 0 radical (unpaired) electrons. The van der Waals surface area contributed by atoms with Crippen molar-refractivity contribution in [3.05, 3.63) is 35.9 Å². The van der Waals surface area contributed by atoms with Crippen molar-refractivity contribution in [1.29, 1.82) is 0 Å². The maximum atomic E-state index is 10.2. The van der Waals surface area contributed by atoms with Crippen molar-refractivity contribution in [3.63, 3.8) is 0 Å². The summed E-state index contributed by atoms with van der Waals surface area (Å²) in [6.07, 6.45) is -0.274. The standard InChI is InChI=1S/C18H29NO3/c1-13(2)21-12-17(20)10-19-14(3)11-22-18(15(19)4)16-8-6-5-7-9-16/h5-9,13-15,17-18,20H,10-12H2,1-4H3. The van der Waals surface area contributed by atoms with Gasteiger partial charge in [-0.3, -0.25) is 4.90 Å². The molecule has 4 unspecified atom stereocenters. The van der Waals surface area contributed by atoms with Gasteiger partial charge in [-0.2, -0.15) is 0 Å². The van der Waals surface area contributed by atoms with E-state index in [-0.39, 0.29) is 18.2 Å². The van der Waals surface area contributed by atoms with Gasteiger partial charge in [-0.05, 0) is 33.3 Å². The average Bonchev–Trinajstić information content (AvgIpc) is 2.50. The molecule has 4 atom stereocenters. The molecular weight excluding hydrogens is 278 g/mol. The summed E-state index contributed by atoms with van der Waals surface area (Å²) < 4.78 is 11.6. The average molecular weight is 307 g/mol. The molecule has 1 aliphatic heterocycles. The lowest BCUT2D eigenvalue weighted by atomic mass is 9.98. The SMILES string of the molecule is CC(C)OCC(O)CN1C(C)COC(c2ccccc2)C1C. The van der Waals surface area contributed by atoms with E-state index in [9.17, 15) is 5.11 Å². The Morgan fingerprint density at radius 2 is 1.95 bits per heavy atom. The molecule has 1 saturated heterocycles. The molecule has 1 fully saturated rings. The summed E-state index contributed by atoms with van der Waals surface area (Å²) >= 11 is 0. The Hall–Kier alpha value is -0.940. The molecule has 1 aliphatic rings. The van der Waals surface area contributed by atoms with E-state index >= 15 is 0 Å². The first-order chi connectivity index (χ1) is 10.5. The first kappa shape index (κ1) is 17.4. The first-order valence-corrected chi connectivity index (χ1v) is 8.21. The van der Waals surface area contributed by atoms with Gasteiger partial charge in [0.15, 0.2) is 0 Å². The third kappa shape index (κ3) is 4.53. The fourth-order valence-corrected chi connectivity index (χ4v) is 3.02. The second kappa shape index (κ2) is 8.06. The molecule has 0 bridgehead atoms. The summed E-state index contributed by atoms with van der Waals surface area (Å²) in [7, 11) is 0. The summed E-state index contributed by atoms with van der Waals surface area (Å²) in [6.45, 7) is 9.96. The molecule has 1 heterocycles. The van der Waals surface area contributed by atoms with Gasteiger partial charge in [0.25, 0.3) is 0 Å². The smallest absolute Gasteiger partial charge is 0.0978 e. The minimum absolute atomic E-state index is 0.0515. The number of β-amino-alcohol motifs (C(OH)–C–C–N with tert-alkyl or cyclic N) is 1. The van der Waals surface area contributed by atoms with E-state index in [0.29, 0.717) is 25.8 Å². The van der Waals surface area contributed by atoms with Crippen molar-refractivity contribution < 1.29 is 14.6 Å². The monoisotopic (exact) mass is 307 g/mol. The van der Waals surface area contributed by atoms with Crippen LogP contribution in [0.2, 0.25) is 0 Å². The van der Waals surface area contributed by atoms with E-state index in [0.717, 1.165) is 0 Å². The van der Waals surface area contributed by atoms with E-state index in [2.05, 4.69) is 30.9 Å². The Morgan fingerprint density at radius 1 is 1.27 bits per heavy atom. The maximum Gasteiger partial charge on any atom is 0.0978 e. The highest BCUT2D eigenvalue weighted by molar-refractivity contribution is 5.19. The van der Waals surface area contributed by atoms with Gasteiger partial charge >= 0.3 is 0 Å². The number of hydrogen-bond donors (Lipinski definition) is 1. The van der Waals surface area contributed by atoms with Gasteiger partial charge in [0.1, 0.15) is 0 Å². The normalized spacial score (nSPS) is 28.0. The van der Waals surface area contributed by atoms with Crippen LogP contribution < -0.4 is 0 Å². The van der Waals surface area contributed by atoms with Gasteiger partial charge in [-0.1, -0.05) is 30.3 Å². The molecule has 1 aromatic rings. The van der Waals surface area contributed by atoms with E-state index in [4.69, 9.17) is 9.47 Å². The van der Waals surface area contributed by atoms with E-state index in [1.54, 1.807) is 0 Å². The summed E-state index contributed by atoms with van der Waals surface area (Å²) in [5, 5.41) is 10.2. The van der Waals surface area contributed by atoms with Gasteiger partial charge in [0.05, 0.1) is 31.5 Å². The van der Waals surface area contributed by atoms with Crippen LogP contribution in [0.5, 0.6) is 0 Å². The van der Waals surface area contributed by atoms with E-state index < -0.39 is 6.10 Å². The summed E-state index contributed by atoms with van der Waals surface area (Å²) in [4.78, 5) is 2.33. The van der Waals surface area contributed by atoms with Gasteiger partial charge in [-0.25, -0.2) is 0 Å². The third-order valence-corrected chi connectivity index (χ3v) is 4.22. The summed E-state index contributed by atoms with van der Waals surface area (Å²) in [5.41, 5.74) is 1.19. The predicted octanol–water partition coefficient (Wildman–Crippen LogP) is 2.62. The molecule has 1 N–H and O–H groups in total. The Morgan fingerprint density at radius 3 is 2.59 bits per heavy atom. The number of aliphatic hydroxyl groups excluding tert-OH is 1. The van der Waals surface area contributed by atoms with Crippen LogP contribution in [0.4, 0.5) is 0 Å². The van der Waals surface area contributed by atoms with E-state index in [1.165, 1.54) is 5.56 Å². The Labute approximate surface area is 134 Å². The topological polar surface area (TPSA) is 41.9 Å². The molecule has 2 rings (SSSR count). The largest absolute Gasteiger partial charge is 0.389 e. The molecule has 0 amide bonds. The van der Waals surface area contributed by atoms with Crippen molar-refractivity contribution in [1.82, 2.24) is 4.90 Å². The molecule has 0 saturated carbocycles. The lowest BCUT2D eigenvalue weighted by molar-refractivity contribution is -0.112. The van der Waals surface area contributed by atoms with Crippen molar-refractivity contribution in [2.45, 2.75) is 58.1 Å². The number of ether oxygens (including phenoxy) is 2. The van der Waals surface area contributed by atoms with Crippen LogP contribution in [0.3, 0.4) is 0 Å². The number of aliphatic hydroxyl groups is 1. The van der Waals surface area contributed by atoms with Crippen molar-refractivity contribution in [3.8, 4) is 0 Å². The van der Waals surface area contributed by atoms with Gasteiger partial charge < -0.3 is 14.6 Å². The Balaban J connectivity index is 1.99. The molecule has 0 aromatic heterocycles. The summed E-state index contributed by atoms with van der Waals surface area (Å²) in [6, 6.07) is 10.8. The predicted molar refractivity (Wildman–Crippen MR) is 87.9 cm³/mol. The zero-order valence-corrected chi connectivity index (χ0v) is 14.1. The quantitative estimate of drug-likeness (QED) is 0.877. The second-order valence-corrected chi connectivity index (χ2v) is 6.49. The Bertz CT molecular complexity index is 437. The minimum atomic E-state index is -0.471. The second-order valence-electron chi connectivity index (χ2n) is 6.49. The number of nitrogens with zero attached hydrogens (tertiary/aromatic N) is 1. The van der Waals surface area contributed by atoms with E-state index in [1.807, 2.05) is 32.0 Å². The zero-order valence-electron chi connectivity index (χ0n) is 14.1. The van der Waals surface area contributed by atoms with Crippen LogP contribution in [0.15, 0.2) is 30.3 Å². The number of hydrogen-bond acceptors (Lipinski definition) is 4. The molecule has 4 heteroatoms. The third-order valence-electron chi connectivity index (χ3n) is 4.22. The Kier molecular flexibility index (Phi) is 6.38. The van der Waals surface area contributed by atoms with Crippen LogP contribution in [-0.4, -0.2) is 54.1 Å². The molecule has 0 spiro atoms.